The van der Waals surface area contributed by atoms with Gasteiger partial charge in [0.2, 0.25) is 0 Å². The van der Waals surface area contributed by atoms with Crippen molar-refractivity contribution in [3.05, 3.63) is 24.0 Å². The zero-order valence-corrected chi connectivity index (χ0v) is 12.5. The number of aryl methyl sites for hydroxylation is 1. The normalized spacial score (nSPS) is 14.7. The van der Waals surface area contributed by atoms with Crippen molar-refractivity contribution in [2.24, 2.45) is 5.73 Å². The van der Waals surface area contributed by atoms with Crippen LogP contribution in [0, 0.1) is 0 Å². The molecule has 1 unspecified atom stereocenters. The van der Waals surface area contributed by atoms with Gasteiger partial charge in [0.15, 0.2) is 9.84 Å². The molecule has 18 heavy (non-hydrogen) atoms. The number of nitrogens with zero attached hydrogens (tertiary/aromatic N) is 1. The maximum Gasteiger partial charge on any atom is 0.156 e. The summed E-state index contributed by atoms with van der Waals surface area (Å²) < 4.78 is 25.4. The van der Waals surface area contributed by atoms with Crippen LogP contribution in [0.2, 0.25) is 0 Å². The number of rotatable bonds is 5. The van der Waals surface area contributed by atoms with E-state index in [9.17, 15) is 8.42 Å². The highest BCUT2D eigenvalue weighted by atomic mass is 32.2. The molecule has 1 aromatic heterocycles. The van der Waals surface area contributed by atoms with Crippen molar-refractivity contribution in [1.29, 1.82) is 0 Å². The van der Waals surface area contributed by atoms with Gasteiger partial charge in [-0.1, -0.05) is 0 Å². The fourth-order valence-corrected chi connectivity index (χ4v) is 2.76. The number of sulfone groups is 1. The Labute approximate surface area is 110 Å². The minimum Gasteiger partial charge on any atom is -0.350 e. The van der Waals surface area contributed by atoms with Crippen LogP contribution < -0.4 is 5.73 Å². The van der Waals surface area contributed by atoms with Crippen molar-refractivity contribution < 1.29 is 8.42 Å². The Morgan fingerprint density at radius 2 is 2.00 bits per heavy atom. The van der Waals surface area contributed by atoms with Gasteiger partial charge < -0.3 is 10.3 Å². The first-order valence-corrected chi connectivity index (χ1v) is 7.90. The van der Waals surface area contributed by atoms with E-state index in [0.717, 1.165) is 12.1 Å². The molecule has 0 saturated heterocycles. The van der Waals surface area contributed by atoms with E-state index in [1.807, 2.05) is 29.8 Å². The highest BCUT2D eigenvalue weighted by molar-refractivity contribution is 7.92. The third-order valence-electron chi connectivity index (χ3n) is 2.99. The summed E-state index contributed by atoms with van der Waals surface area (Å²) >= 11 is 0. The molecule has 0 amide bonds. The predicted molar refractivity (Wildman–Crippen MR) is 75.3 cm³/mol. The summed E-state index contributed by atoms with van der Waals surface area (Å²) in [7, 11) is -3.07. The minimum atomic E-state index is -3.07. The first-order chi connectivity index (χ1) is 8.13. The lowest BCUT2D eigenvalue weighted by Gasteiger charge is -2.20. The summed E-state index contributed by atoms with van der Waals surface area (Å²) in [6, 6.07) is 4.01. The molecule has 4 nitrogen and oxygen atoms in total. The van der Waals surface area contributed by atoms with Crippen molar-refractivity contribution in [3.63, 3.8) is 0 Å². The lowest BCUT2D eigenvalue weighted by atomic mass is 10.2. The molecule has 5 heteroatoms. The van der Waals surface area contributed by atoms with E-state index < -0.39 is 14.6 Å². The highest BCUT2D eigenvalue weighted by Crippen LogP contribution is 2.17. The van der Waals surface area contributed by atoms with Crippen LogP contribution >= 0.6 is 0 Å². The zero-order chi connectivity index (χ0) is 14.0. The number of hydrogen-bond donors (Lipinski definition) is 1. The first-order valence-electron chi connectivity index (χ1n) is 6.25. The molecule has 0 bridgehead atoms. The van der Waals surface area contributed by atoms with Gasteiger partial charge in [0.1, 0.15) is 0 Å². The summed E-state index contributed by atoms with van der Waals surface area (Å²) in [5.74, 6) is 0.164. The van der Waals surface area contributed by atoms with E-state index in [1.54, 1.807) is 20.8 Å². The topological polar surface area (TPSA) is 65.1 Å². The van der Waals surface area contributed by atoms with E-state index in [-0.39, 0.29) is 11.8 Å². The van der Waals surface area contributed by atoms with Gasteiger partial charge in [-0.3, -0.25) is 0 Å². The van der Waals surface area contributed by atoms with E-state index >= 15 is 0 Å². The molecule has 0 saturated carbocycles. The minimum absolute atomic E-state index is 0.0814. The van der Waals surface area contributed by atoms with Crippen LogP contribution in [0.5, 0.6) is 0 Å². The van der Waals surface area contributed by atoms with Crippen molar-refractivity contribution >= 4 is 9.84 Å². The fraction of sp³-hybridized carbons (Fsp3) is 0.692. The van der Waals surface area contributed by atoms with Crippen LogP contribution in [0.4, 0.5) is 0 Å². The Kier molecular flexibility index (Phi) is 4.61. The molecule has 0 aromatic carbocycles. The van der Waals surface area contributed by atoms with E-state index in [4.69, 9.17) is 5.73 Å². The summed E-state index contributed by atoms with van der Waals surface area (Å²) in [4.78, 5) is 0. The molecule has 1 rings (SSSR count). The van der Waals surface area contributed by atoms with Crippen molar-refractivity contribution in [2.45, 2.75) is 51.4 Å². The second-order valence-electron chi connectivity index (χ2n) is 5.81. The molecular weight excluding hydrogens is 248 g/mol. The maximum atomic E-state index is 12.0. The van der Waals surface area contributed by atoms with Crippen LogP contribution in [0.25, 0.3) is 0 Å². The standard InChI is InChI=1S/C13H24N2O2S/c1-11(14)10-12-6-5-7-15(12)8-9-18(16,17)13(2,3)4/h5-7,11H,8-10,14H2,1-4H3. The van der Waals surface area contributed by atoms with Crippen molar-refractivity contribution in [1.82, 2.24) is 4.57 Å². The summed E-state index contributed by atoms with van der Waals surface area (Å²) in [6.07, 6.45) is 2.68. The van der Waals surface area contributed by atoms with E-state index in [0.29, 0.717) is 6.54 Å². The molecule has 0 fully saturated rings. The highest BCUT2D eigenvalue weighted by Gasteiger charge is 2.28. The summed E-state index contributed by atoms with van der Waals surface area (Å²) in [5.41, 5.74) is 6.86. The van der Waals surface area contributed by atoms with Gasteiger partial charge in [-0.2, -0.15) is 0 Å². The van der Waals surface area contributed by atoms with Crippen molar-refractivity contribution in [2.75, 3.05) is 5.75 Å². The quantitative estimate of drug-likeness (QED) is 0.885. The van der Waals surface area contributed by atoms with Crippen molar-refractivity contribution in [3.8, 4) is 0 Å². The Bertz CT molecular complexity index is 481. The molecule has 0 aliphatic rings. The average molecular weight is 272 g/mol. The predicted octanol–water partition coefficient (Wildman–Crippen LogP) is 1.59. The Morgan fingerprint density at radius 3 is 2.50 bits per heavy atom. The molecule has 0 radical (unpaired) electrons. The summed E-state index contributed by atoms with van der Waals surface area (Å²) in [5, 5.41) is 0. The van der Waals surface area contributed by atoms with E-state index in [1.165, 1.54) is 0 Å². The molecular formula is C13H24N2O2S. The van der Waals surface area contributed by atoms with Crippen LogP contribution in [-0.2, 0) is 22.8 Å². The Hall–Kier alpha value is -0.810. The van der Waals surface area contributed by atoms with E-state index in [2.05, 4.69) is 0 Å². The Balaban J connectivity index is 2.73. The molecule has 1 aromatic rings. The number of hydrogen-bond acceptors (Lipinski definition) is 3. The van der Waals surface area contributed by atoms with Gasteiger partial charge >= 0.3 is 0 Å². The molecule has 0 spiro atoms. The zero-order valence-electron chi connectivity index (χ0n) is 11.7. The molecule has 104 valence electrons. The lowest BCUT2D eigenvalue weighted by Crippen LogP contribution is -2.32. The van der Waals surface area contributed by atoms with Gasteiger partial charge in [-0.05, 0) is 39.8 Å². The van der Waals surface area contributed by atoms with Crippen LogP contribution in [-0.4, -0.2) is 29.5 Å². The Morgan fingerprint density at radius 1 is 1.39 bits per heavy atom. The van der Waals surface area contributed by atoms with Gasteiger partial charge in [0.25, 0.3) is 0 Å². The second-order valence-corrected chi connectivity index (χ2v) is 8.67. The van der Waals surface area contributed by atoms with Crippen LogP contribution in [0.1, 0.15) is 33.4 Å². The SMILES string of the molecule is CC(N)Cc1cccn1CCS(=O)(=O)C(C)(C)C. The molecule has 0 aliphatic carbocycles. The smallest absolute Gasteiger partial charge is 0.156 e. The number of nitrogens with two attached hydrogens (primary N) is 1. The van der Waals surface area contributed by atoms with Crippen LogP contribution in [0.3, 0.4) is 0 Å². The lowest BCUT2D eigenvalue weighted by molar-refractivity contribution is 0.551. The molecule has 2 N–H and O–H groups in total. The fourth-order valence-electron chi connectivity index (χ4n) is 1.71. The largest absolute Gasteiger partial charge is 0.350 e. The number of aromatic nitrogens is 1. The molecule has 0 aliphatic heterocycles. The molecule has 1 atom stereocenters. The first kappa shape index (κ1) is 15.2. The van der Waals surface area contributed by atoms with Gasteiger partial charge in [-0.25, -0.2) is 8.42 Å². The average Bonchev–Trinajstić information content (AvgIpc) is 2.59. The maximum absolute atomic E-state index is 12.0. The third-order valence-corrected chi connectivity index (χ3v) is 5.57. The second kappa shape index (κ2) is 5.45. The third kappa shape index (κ3) is 3.85. The monoisotopic (exact) mass is 272 g/mol. The summed E-state index contributed by atoms with van der Waals surface area (Å²) in [6.45, 7) is 7.65. The van der Waals surface area contributed by atoms with Gasteiger partial charge in [0, 0.05) is 30.9 Å². The van der Waals surface area contributed by atoms with Gasteiger partial charge in [-0.15, -0.1) is 0 Å². The molecule has 1 heterocycles. The van der Waals surface area contributed by atoms with Crippen LogP contribution in [0.15, 0.2) is 18.3 Å². The van der Waals surface area contributed by atoms with Gasteiger partial charge in [0.05, 0.1) is 10.5 Å².